The smallest absolute Gasteiger partial charge is 0.335 e. The Morgan fingerprint density at radius 2 is 2.04 bits per heavy atom. The van der Waals surface area contributed by atoms with E-state index in [1.807, 2.05) is 0 Å². The monoisotopic (exact) mass is 320 g/mol. The molecule has 0 aliphatic carbocycles. The van der Waals surface area contributed by atoms with Crippen LogP contribution in [0.4, 0.5) is 0 Å². The number of carbonyl (C=O) groups is 3. The van der Waals surface area contributed by atoms with E-state index in [4.69, 9.17) is 9.84 Å². The Balaban J connectivity index is 1.83. The molecule has 0 aromatic heterocycles. The minimum atomic E-state index is -0.985. The first-order chi connectivity index (χ1) is 11.0. The molecule has 2 amide bonds. The second kappa shape index (κ2) is 7.73. The number of benzene rings is 1. The van der Waals surface area contributed by atoms with Crippen molar-refractivity contribution in [1.82, 2.24) is 10.2 Å². The van der Waals surface area contributed by atoms with Gasteiger partial charge in [-0.2, -0.15) is 0 Å². The average Bonchev–Trinajstić information content (AvgIpc) is 2.92. The Labute approximate surface area is 134 Å². The van der Waals surface area contributed by atoms with Gasteiger partial charge in [-0.05, 0) is 17.7 Å². The van der Waals surface area contributed by atoms with Crippen molar-refractivity contribution in [3.05, 3.63) is 35.4 Å². The van der Waals surface area contributed by atoms with E-state index in [1.54, 1.807) is 24.1 Å². The number of likely N-dealkylation sites (tertiary alicyclic amines) is 1. The summed E-state index contributed by atoms with van der Waals surface area (Å²) in [5.41, 5.74) is 1.01. The van der Waals surface area contributed by atoms with Crippen molar-refractivity contribution in [2.24, 2.45) is 5.92 Å². The fourth-order valence-corrected chi connectivity index (χ4v) is 2.46. The molecule has 124 valence electrons. The summed E-state index contributed by atoms with van der Waals surface area (Å²) in [4.78, 5) is 36.4. The van der Waals surface area contributed by atoms with Gasteiger partial charge in [0.15, 0.2) is 0 Å². The van der Waals surface area contributed by atoms with Crippen LogP contribution in [0.5, 0.6) is 0 Å². The molecule has 7 heteroatoms. The highest BCUT2D eigenvalue weighted by Gasteiger charge is 2.33. The quantitative estimate of drug-likeness (QED) is 0.762. The molecule has 0 bridgehead atoms. The molecule has 0 spiro atoms. The Kier molecular flexibility index (Phi) is 5.70. The van der Waals surface area contributed by atoms with Crippen molar-refractivity contribution in [2.45, 2.75) is 13.0 Å². The average molecular weight is 320 g/mol. The first-order valence-electron chi connectivity index (χ1n) is 7.38. The van der Waals surface area contributed by atoms with Crippen molar-refractivity contribution in [3.8, 4) is 0 Å². The molecule has 1 aromatic carbocycles. The molecular weight excluding hydrogens is 300 g/mol. The predicted molar refractivity (Wildman–Crippen MR) is 81.8 cm³/mol. The first-order valence-corrected chi connectivity index (χ1v) is 7.38. The maximum Gasteiger partial charge on any atom is 0.335 e. The first kappa shape index (κ1) is 17.0. The zero-order valence-electron chi connectivity index (χ0n) is 12.9. The van der Waals surface area contributed by atoms with Crippen molar-refractivity contribution >= 4 is 17.8 Å². The Morgan fingerprint density at radius 3 is 2.65 bits per heavy atom. The third-order valence-corrected chi connectivity index (χ3v) is 3.82. The SMILES string of the molecule is COCCN1CC(C(=O)NCc2ccc(C(=O)O)cc2)CC1=O. The molecule has 1 unspecified atom stereocenters. The molecule has 1 aromatic rings. The van der Waals surface area contributed by atoms with Crippen molar-refractivity contribution in [2.75, 3.05) is 26.8 Å². The van der Waals surface area contributed by atoms with Gasteiger partial charge < -0.3 is 20.1 Å². The van der Waals surface area contributed by atoms with Gasteiger partial charge in [0.2, 0.25) is 11.8 Å². The summed E-state index contributed by atoms with van der Waals surface area (Å²) in [6, 6.07) is 6.31. The summed E-state index contributed by atoms with van der Waals surface area (Å²) in [5, 5.41) is 11.6. The van der Waals surface area contributed by atoms with Gasteiger partial charge in [-0.15, -0.1) is 0 Å². The summed E-state index contributed by atoms with van der Waals surface area (Å²) >= 11 is 0. The lowest BCUT2D eigenvalue weighted by Gasteiger charge is -2.15. The van der Waals surface area contributed by atoms with Gasteiger partial charge in [-0.3, -0.25) is 9.59 Å². The Morgan fingerprint density at radius 1 is 1.35 bits per heavy atom. The highest BCUT2D eigenvalue weighted by molar-refractivity contribution is 5.89. The zero-order chi connectivity index (χ0) is 16.8. The Bertz CT molecular complexity index is 585. The number of methoxy groups -OCH3 is 1. The molecule has 7 nitrogen and oxygen atoms in total. The Hall–Kier alpha value is -2.41. The van der Waals surface area contributed by atoms with Gasteiger partial charge in [0.1, 0.15) is 0 Å². The van der Waals surface area contributed by atoms with Crippen LogP contribution in [0.3, 0.4) is 0 Å². The lowest BCUT2D eigenvalue weighted by Crippen LogP contribution is -2.33. The summed E-state index contributed by atoms with van der Waals surface area (Å²) in [7, 11) is 1.57. The van der Waals surface area contributed by atoms with Crippen LogP contribution in [0.25, 0.3) is 0 Å². The fourth-order valence-electron chi connectivity index (χ4n) is 2.46. The van der Waals surface area contributed by atoms with Gasteiger partial charge in [0.25, 0.3) is 0 Å². The van der Waals surface area contributed by atoms with E-state index in [2.05, 4.69) is 5.32 Å². The fraction of sp³-hybridized carbons (Fsp3) is 0.438. The minimum Gasteiger partial charge on any atom is -0.478 e. The van der Waals surface area contributed by atoms with E-state index < -0.39 is 5.97 Å². The number of carbonyl (C=O) groups excluding carboxylic acids is 2. The standard InChI is InChI=1S/C16H20N2O5/c1-23-7-6-18-10-13(8-14(18)19)15(20)17-9-11-2-4-12(5-3-11)16(21)22/h2-5,13H,6-10H2,1H3,(H,17,20)(H,21,22). The number of nitrogens with one attached hydrogen (secondary N) is 1. The highest BCUT2D eigenvalue weighted by Crippen LogP contribution is 2.17. The molecule has 1 aliphatic heterocycles. The molecule has 2 rings (SSSR count). The van der Waals surface area contributed by atoms with Crippen LogP contribution in [0.15, 0.2) is 24.3 Å². The van der Waals surface area contributed by atoms with Crippen LogP contribution < -0.4 is 5.32 Å². The second-order valence-corrected chi connectivity index (χ2v) is 5.45. The maximum absolute atomic E-state index is 12.1. The number of carboxylic acids is 1. The summed E-state index contributed by atoms with van der Waals surface area (Å²) in [6.07, 6.45) is 0.216. The van der Waals surface area contributed by atoms with Gasteiger partial charge in [-0.25, -0.2) is 4.79 Å². The van der Waals surface area contributed by atoms with E-state index in [0.717, 1.165) is 5.56 Å². The minimum absolute atomic E-state index is 0.0342. The largest absolute Gasteiger partial charge is 0.478 e. The molecular formula is C16H20N2O5. The van der Waals surface area contributed by atoms with E-state index in [9.17, 15) is 14.4 Å². The van der Waals surface area contributed by atoms with E-state index in [1.165, 1.54) is 12.1 Å². The predicted octanol–water partition coefficient (Wildman–Crippen LogP) is 0.496. The number of amides is 2. The van der Waals surface area contributed by atoms with Gasteiger partial charge in [0, 0.05) is 33.2 Å². The molecule has 1 saturated heterocycles. The highest BCUT2D eigenvalue weighted by atomic mass is 16.5. The lowest BCUT2D eigenvalue weighted by molar-refractivity contribution is -0.129. The normalized spacial score (nSPS) is 17.3. The van der Waals surface area contributed by atoms with E-state index in [0.29, 0.717) is 26.2 Å². The van der Waals surface area contributed by atoms with Crippen molar-refractivity contribution < 1.29 is 24.2 Å². The van der Waals surface area contributed by atoms with E-state index in [-0.39, 0.29) is 29.7 Å². The number of hydrogen-bond acceptors (Lipinski definition) is 4. The number of aromatic carboxylic acids is 1. The third kappa shape index (κ3) is 4.53. The molecule has 1 heterocycles. The van der Waals surface area contributed by atoms with Gasteiger partial charge >= 0.3 is 5.97 Å². The van der Waals surface area contributed by atoms with Crippen LogP contribution in [0, 0.1) is 5.92 Å². The number of nitrogens with zero attached hydrogens (tertiary/aromatic N) is 1. The molecule has 1 fully saturated rings. The summed E-state index contributed by atoms with van der Waals surface area (Å²) in [5.74, 6) is -1.53. The maximum atomic E-state index is 12.1. The second-order valence-electron chi connectivity index (χ2n) is 5.45. The van der Waals surface area contributed by atoms with Crippen LogP contribution in [-0.2, 0) is 20.9 Å². The third-order valence-electron chi connectivity index (χ3n) is 3.82. The van der Waals surface area contributed by atoms with Crippen LogP contribution in [-0.4, -0.2) is 54.6 Å². The number of hydrogen-bond donors (Lipinski definition) is 2. The van der Waals surface area contributed by atoms with Crippen LogP contribution >= 0.6 is 0 Å². The van der Waals surface area contributed by atoms with Crippen molar-refractivity contribution in [3.63, 3.8) is 0 Å². The number of ether oxygens (including phenoxy) is 1. The van der Waals surface area contributed by atoms with Crippen LogP contribution in [0.2, 0.25) is 0 Å². The number of rotatable bonds is 7. The molecule has 1 aliphatic rings. The zero-order valence-corrected chi connectivity index (χ0v) is 12.9. The molecule has 2 N–H and O–H groups in total. The molecule has 1 atom stereocenters. The van der Waals surface area contributed by atoms with Gasteiger partial charge in [-0.1, -0.05) is 12.1 Å². The topological polar surface area (TPSA) is 95.9 Å². The lowest BCUT2D eigenvalue weighted by atomic mass is 10.1. The molecule has 0 saturated carbocycles. The van der Waals surface area contributed by atoms with Gasteiger partial charge in [0.05, 0.1) is 18.1 Å². The number of carboxylic acid groups (broad SMARTS) is 1. The molecule has 0 radical (unpaired) electrons. The summed E-state index contributed by atoms with van der Waals surface area (Å²) in [6.45, 7) is 1.67. The van der Waals surface area contributed by atoms with Crippen molar-refractivity contribution in [1.29, 1.82) is 0 Å². The van der Waals surface area contributed by atoms with Crippen LogP contribution in [0.1, 0.15) is 22.3 Å². The molecule has 23 heavy (non-hydrogen) atoms. The van der Waals surface area contributed by atoms with E-state index >= 15 is 0 Å². The summed E-state index contributed by atoms with van der Waals surface area (Å²) < 4.78 is 4.94.